The second-order valence-corrected chi connectivity index (χ2v) is 8.32. The standard InChI is InChI=1S/C25H25F3N4O6/c1-2-37-21(33)15-36-14-13-31-12-4-7-20(24(31)35)29-22-18-5-3-6-19(18)23(34)32(30-22)16-8-10-17(11-9-16)38-25(26,27)28/h4,7-12H,2-3,5-6,13-15H2,1H3,(H,29,30). The smallest absolute Gasteiger partial charge is 0.464 e. The molecule has 2 heterocycles. The van der Waals surface area contributed by atoms with Gasteiger partial charge >= 0.3 is 12.3 Å². The number of ether oxygens (including phenoxy) is 3. The number of nitrogens with one attached hydrogen (secondary N) is 1. The van der Waals surface area contributed by atoms with Gasteiger partial charge in [-0.05, 0) is 62.6 Å². The third kappa shape index (κ3) is 6.40. The normalized spacial score (nSPS) is 12.7. The van der Waals surface area contributed by atoms with Gasteiger partial charge in [-0.1, -0.05) is 0 Å². The molecule has 0 atom stereocenters. The lowest BCUT2D eigenvalue weighted by molar-refractivity contribution is -0.274. The van der Waals surface area contributed by atoms with E-state index in [9.17, 15) is 27.6 Å². The Balaban J connectivity index is 1.57. The molecule has 4 rings (SSSR count). The summed E-state index contributed by atoms with van der Waals surface area (Å²) in [5, 5.41) is 7.43. The molecule has 0 saturated carbocycles. The Hall–Kier alpha value is -4.13. The molecule has 1 aromatic carbocycles. The van der Waals surface area contributed by atoms with E-state index in [-0.39, 0.29) is 48.9 Å². The van der Waals surface area contributed by atoms with E-state index < -0.39 is 18.1 Å². The Morgan fingerprint density at radius 1 is 1.08 bits per heavy atom. The molecule has 0 saturated heterocycles. The van der Waals surface area contributed by atoms with Gasteiger partial charge in [0.25, 0.3) is 11.1 Å². The van der Waals surface area contributed by atoms with Crippen LogP contribution in [0.2, 0.25) is 0 Å². The van der Waals surface area contributed by atoms with E-state index in [2.05, 4.69) is 15.2 Å². The number of pyridine rings is 1. The summed E-state index contributed by atoms with van der Waals surface area (Å²) in [5.41, 5.74) is 0.923. The van der Waals surface area contributed by atoms with Gasteiger partial charge in [0.05, 0.1) is 18.9 Å². The van der Waals surface area contributed by atoms with E-state index >= 15 is 0 Å². The van der Waals surface area contributed by atoms with Gasteiger partial charge in [-0.15, -0.1) is 18.3 Å². The van der Waals surface area contributed by atoms with E-state index in [0.29, 0.717) is 29.8 Å². The van der Waals surface area contributed by atoms with Crippen LogP contribution < -0.4 is 21.2 Å². The first-order valence-electron chi connectivity index (χ1n) is 11.9. The average molecular weight is 534 g/mol. The zero-order chi connectivity index (χ0) is 27.3. The lowest BCUT2D eigenvalue weighted by Crippen LogP contribution is -2.28. The van der Waals surface area contributed by atoms with Crippen LogP contribution in [0.5, 0.6) is 5.75 Å². The number of rotatable bonds is 10. The molecule has 0 spiro atoms. The average Bonchev–Trinajstić information content (AvgIpc) is 3.36. The van der Waals surface area contributed by atoms with Crippen molar-refractivity contribution in [3.8, 4) is 11.4 Å². The summed E-state index contributed by atoms with van der Waals surface area (Å²) >= 11 is 0. The molecule has 10 nitrogen and oxygen atoms in total. The van der Waals surface area contributed by atoms with E-state index in [0.717, 1.165) is 23.2 Å². The number of alkyl halides is 3. The van der Waals surface area contributed by atoms with Crippen molar-refractivity contribution in [2.45, 2.75) is 39.1 Å². The number of carbonyl (C=O) groups excluding carboxylic acids is 1. The van der Waals surface area contributed by atoms with Crippen molar-refractivity contribution in [3.05, 3.63) is 74.4 Å². The topological polar surface area (TPSA) is 114 Å². The maximum atomic E-state index is 13.1. The molecule has 3 aromatic rings. The van der Waals surface area contributed by atoms with Crippen LogP contribution in [0.3, 0.4) is 0 Å². The molecule has 38 heavy (non-hydrogen) atoms. The summed E-state index contributed by atoms with van der Waals surface area (Å²) in [6.07, 6.45) is -1.44. The second kappa shape index (κ2) is 11.5. The largest absolute Gasteiger partial charge is 0.573 e. The van der Waals surface area contributed by atoms with Crippen LogP contribution >= 0.6 is 0 Å². The summed E-state index contributed by atoms with van der Waals surface area (Å²) in [7, 11) is 0. The number of fused-ring (bicyclic) bond motifs is 1. The van der Waals surface area contributed by atoms with E-state index in [1.165, 1.54) is 16.7 Å². The molecule has 0 aliphatic heterocycles. The summed E-state index contributed by atoms with van der Waals surface area (Å²) in [6.45, 7) is 2.01. The van der Waals surface area contributed by atoms with Crippen LogP contribution in [0.4, 0.5) is 24.7 Å². The van der Waals surface area contributed by atoms with Crippen LogP contribution in [0.1, 0.15) is 24.5 Å². The zero-order valence-corrected chi connectivity index (χ0v) is 20.4. The third-order valence-electron chi connectivity index (χ3n) is 5.74. The molecule has 1 aliphatic rings. The number of aromatic nitrogens is 3. The summed E-state index contributed by atoms with van der Waals surface area (Å²) < 4.78 is 53.9. The first-order valence-corrected chi connectivity index (χ1v) is 11.9. The third-order valence-corrected chi connectivity index (χ3v) is 5.74. The van der Waals surface area contributed by atoms with Crippen molar-refractivity contribution < 1.29 is 32.2 Å². The highest BCUT2D eigenvalue weighted by atomic mass is 19.4. The first-order chi connectivity index (χ1) is 18.2. The van der Waals surface area contributed by atoms with Gasteiger partial charge in [0.15, 0.2) is 5.82 Å². The molecule has 1 N–H and O–H groups in total. The Morgan fingerprint density at radius 2 is 1.82 bits per heavy atom. The highest BCUT2D eigenvalue weighted by molar-refractivity contribution is 5.70. The number of halogens is 3. The lowest BCUT2D eigenvalue weighted by Gasteiger charge is -2.15. The van der Waals surface area contributed by atoms with E-state index in [1.54, 1.807) is 25.3 Å². The molecule has 13 heteroatoms. The van der Waals surface area contributed by atoms with Gasteiger partial charge in [0, 0.05) is 23.9 Å². The highest BCUT2D eigenvalue weighted by Gasteiger charge is 2.31. The Labute approximate surface area is 214 Å². The van der Waals surface area contributed by atoms with Crippen LogP contribution in [-0.2, 0) is 33.7 Å². The lowest BCUT2D eigenvalue weighted by atomic mass is 10.2. The predicted molar refractivity (Wildman–Crippen MR) is 130 cm³/mol. The molecule has 2 aromatic heterocycles. The number of nitrogens with zero attached hydrogens (tertiary/aromatic N) is 3. The van der Waals surface area contributed by atoms with Gasteiger partial charge in [0.2, 0.25) is 0 Å². The van der Waals surface area contributed by atoms with Crippen molar-refractivity contribution in [3.63, 3.8) is 0 Å². The fraction of sp³-hybridized carbons (Fsp3) is 0.360. The Bertz CT molecular complexity index is 1420. The number of benzene rings is 1. The summed E-state index contributed by atoms with van der Waals surface area (Å²) in [5.74, 6) is -0.612. The van der Waals surface area contributed by atoms with Gasteiger partial charge in [-0.3, -0.25) is 9.59 Å². The molecular formula is C25H25F3N4O6. The molecular weight excluding hydrogens is 509 g/mol. The molecule has 0 unspecified atom stereocenters. The number of anilines is 2. The van der Waals surface area contributed by atoms with Gasteiger partial charge in [-0.25, -0.2) is 4.79 Å². The van der Waals surface area contributed by atoms with Gasteiger partial charge in [-0.2, -0.15) is 4.68 Å². The van der Waals surface area contributed by atoms with Crippen LogP contribution in [0.15, 0.2) is 52.2 Å². The van der Waals surface area contributed by atoms with Crippen LogP contribution in [0.25, 0.3) is 5.69 Å². The quantitative estimate of drug-likeness (QED) is 0.312. The molecule has 202 valence electrons. The first kappa shape index (κ1) is 26.9. The predicted octanol–water partition coefficient (Wildman–Crippen LogP) is 3.10. The molecule has 0 fully saturated rings. The number of carbonyl (C=O) groups is 1. The van der Waals surface area contributed by atoms with Crippen molar-refractivity contribution >= 4 is 17.5 Å². The SMILES string of the molecule is CCOC(=O)COCCn1cccc(Nc2nn(-c3ccc(OC(F)(F)F)cc3)c(=O)c3c2CCC3)c1=O. The monoisotopic (exact) mass is 534 g/mol. The molecule has 1 aliphatic carbocycles. The number of esters is 1. The second-order valence-electron chi connectivity index (χ2n) is 8.32. The van der Waals surface area contributed by atoms with E-state index in [1.807, 2.05) is 0 Å². The fourth-order valence-electron chi connectivity index (χ4n) is 4.10. The maximum absolute atomic E-state index is 13.1. The van der Waals surface area contributed by atoms with Crippen molar-refractivity contribution in [1.82, 2.24) is 14.3 Å². The van der Waals surface area contributed by atoms with Crippen LogP contribution in [0, 0.1) is 0 Å². The minimum Gasteiger partial charge on any atom is -0.464 e. The van der Waals surface area contributed by atoms with Crippen molar-refractivity contribution in [1.29, 1.82) is 0 Å². The molecule has 0 radical (unpaired) electrons. The number of hydrogen-bond donors (Lipinski definition) is 1. The van der Waals surface area contributed by atoms with E-state index in [4.69, 9.17) is 9.47 Å². The van der Waals surface area contributed by atoms with Crippen molar-refractivity contribution in [2.75, 3.05) is 25.1 Å². The Kier molecular flexibility index (Phi) is 8.15. The number of hydrogen-bond acceptors (Lipinski definition) is 8. The minimum absolute atomic E-state index is 0.106. The summed E-state index contributed by atoms with van der Waals surface area (Å²) in [6, 6.07) is 8.01. The maximum Gasteiger partial charge on any atom is 0.573 e. The van der Waals surface area contributed by atoms with Crippen LogP contribution in [-0.4, -0.2) is 46.5 Å². The summed E-state index contributed by atoms with van der Waals surface area (Å²) in [4.78, 5) is 37.5. The fourth-order valence-corrected chi connectivity index (χ4v) is 4.10. The molecule has 0 bridgehead atoms. The van der Waals surface area contributed by atoms with Gasteiger partial charge in [0.1, 0.15) is 18.0 Å². The van der Waals surface area contributed by atoms with Gasteiger partial charge < -0.3 is 24.1 Å². The highest BCUT2D eigenvalue weighted by Crippen LogP contribution is 2.28. The zero-order valence-electron chi connectivity index (χ0n) is 20.4. The molecule has 0 amide bonds. The minimum atomic E-state index is -4.84. The van der Waals surface area contributed by atoms with Crippen molar-refractivity contribution in [2.24, 2.45) is 0 Å². The Morgan fingerprint density at radius 3 is 2.53 bits per heavy atom.